The maximum Gasteiger partial charge on any atom is 0.413 e. The summed E-state index contributed by atoms with van der Waals surface area (Å²) in [6.07, 6.45) is -0.779. The van der Waals surface area contributed by atoms with Crippen LogP contribution >= 0.6 is 0 Å². The number of rotatable bonds is 10. The minimum atomic E-state index is -1.60. The van der Waals surface area contributed by atoms with E-state index in [1.165, 1.54) is 12.1 Å². The molecule has 0 spiro atoms. The van der Waals surface area contributed by atoms with Crippen molar-refractivity contribution in [3.63, 3.8) is 0 Å². The summed E-state index contributed by atoms with van der Waals surface area (Å²) < 4.78 is 4.88. The number of hydrogen-bond acceptors (Lipinski definition) is 8. The molecule has 5 N–H and O–H groups in total. The predicted octanol–water partition coefficient (Wildman–Crippen LogP) is 0.647. The molecule has 0 radical (unpaired) electrons. The average molecular weight is 358 g/mol. The summed E-state index contributed by atoms with van der Waals surface area (Å²) >= 11 is 0. The summed E-state index contributed by atoms with van der Waals surface area (Å²) in [4.78, 5) is 37.4. The predicted molar refractivity (Wildman–Crippen MR) is 79.0 cm³/mol. The largest absolute Gasteiger partial charge is 0.481 e. The average Bonchev–Trinajstić information content (AvgIpc) is 2.51. The van der Waals surface area contributed by atoms with Gasteiger partial charge >= 0.3 is 18.0 Å². The molecule has 1 rings (SSSR count). The fraction of sp³-hybridized carbons (Fsp3) is 0.357. The molecule has 0 heterocycles. The number of hydrogen-bond donors (Lipinski definition) is 5. The first-order valence-electron chi connectivity index (χ1n) is 7.10. The number of benzene rings is 1. The second-order valence-electron chi connectivity index (χ2n) is 4.86. The Kier molecular flexibility index (Phi) is 8.29. The highest BCUT2D eigenvalue weighted by molar-refractivity contribution is 5.85. The molecule has 0 bridgehead atoms. The summed E-state index contributed by atoms with van der Waals surface area (Å²) in [6, 6.07) is 4.68. The molecule has 1 aromatic carbocycles. The van der Waals surface area contributed by atoms with E-state index in [1.807, 2.05) is 5.32 Å². The number of amides is 1. The van der Waals surface area contributed by atoms with Gasteiger partial charge in [-0.3, -0.25) is 20.0 Å². The van der Waals surface area contributed by atoms with Gasteiger partial charge in [0.1, 0.15) is 11.8 Å². The number of carboxylic acid groups (broad SMARTS) is 2. The number of nitrogens with zero attached hydrogens (tertiary/aromatic N) is 1. The number of carbonyl (C=O) groups excluding carboxylic acids is 1. The first kappa shape index (κ1) is 20.3. The fourth-order valence-electron chi connectivity index (χ4n) is 1.80. The highest BCUT2D eigenvalue weighted by atomic mass is 17.1. The number of carbonyl (C=O) groups is 3. The maximum atomic E-state index is 11.6. The van der Waals surface area contributed by atoms with Crippen molar-refractivity contribution in [2.24, 2.45) is 0 Å². The second-order valence-corrected chi connectivity index (χ2v) is 4.86. The van der Waals surface area contributed by atoms with E-state index in [0.29, 0.717) is 12.8 Å². The van der Waals surface area contributed by atoms with Gasteiger partial charge in [-0.25, -0.2) is 9.59 Å². The first-order chi connectivity index (χ1) is 11.8. The van der Waals surface area contributed by atoms with Gasteiger partial charge in [0.05, 0.1) is 18.4 Å². The standard InChI is InChI=1S/C14H18N2O9/c17-12(18)8-11(13(19)20)15-14(21)25-10-5-3-9(4-6-10)2-1-7-24-16(22)23/h3-6,11,22-23H,1-2,7-8H2,(H,15,21)(H,17,18)(H,19,20). The van der Waals surface area contributed by atoms with Gasteiger partial charge in [0.15, 0.2) is 0 Å². The molecular weight excluding hydrogens is 340 g/mol. The van der Waals surface area contributed by atoms with E-state index in [0.717, 1.165) is 5.56 Å². The van der Waals surface area contributed by atoms with Crippen molar-refractivity contribution < 1.29 is 44.6 Å². The summed E-state index contributed by atoms with van der Waals surface area (Å²) in [6.45, 7) is 0.0911. The molecule has 25 heavy (non-hydrogen) atoms. The van der Waals surface area contributed by atoms with Gasteiger partial charge in [-0.05, 0) is 30.5 Å². The fourth-order valence-corrected chi connectivity index (χ4v) is 1.80. The highest BCUT2D eigenvalue weighted by Crippen LogP contribution is 2.14. The van der Waals surface area contributed by atoms with Gasteiger partial charge in [-0.15, -0.1) is 0 Å². The van der Waals surface area contributed by atoms with Crippen molar-refractivity contribution >= 4 is 18.0 Å². The Bertz CT molecular complexity index is 588. The lowest BCUT2D eigenvalue weighted by atomic mass is 10.1. The first-order valence-corrected chi connectivity index (χ1v) is 7.10. The number of carboxylic acids is 2. The van der Waals surface area contributed by atoms with Crippen LogP contribution in [0.25, 0.3) is 0 Å². The zero-order valence-electron chi connectivity index (χ0n) is 13.0. The molecule has 11 heteroatoms. The van der Waals surface area contributed by atoms with Gasteiger partial charge < -0.3 is 20.3 Å². The van der Waals surface area contributed by atoms with Crippen LogP contribution < -0.4 is 10.1 Å². The Hall–Kier alpha value is -2.73. The topological polar surface area (TPSA) is 166 Å². The third-order valence-corrected chi connectivity index (χ3v) is 2.92. The smallest absolute Gasteiger partial charge is 0.413 e. The summed E-state index contributed by atoms with van der Waals surface area (Å²) in [5.41, 5.74) is 0.869. The molecule has 0 aliphatic carbocycles. The molecule has 1 aromatic rings. The van der Waals surface area contributed by atoms with Crippen molar-refractivity contribution in [2.75, 3.05) is 6.61 Å². The Labute approximate surface area is 141 Å². The van der Waals surface area contributed by atoms with Crippen LogP contribution in [0.5, 0.6) is 5.75 Å². The van der Waals surface area contributed by atoms with Crippen LogP contribution in [0.2, 0.25) is 0 Å². The van der Waals surface area contributed by atoms with Crippen molar-refractivity contribution in [3.8, 4) is 5.75 Å². The van der Waals surface area contributed by atoms with Crippen LogP contribution in [0, 0.1) is 0 Å². The van der Waals surface area contributed by atoms with E-state index in [4.69, 9.17) is 25.4 Å². The SMILES string of the molecule is O=C(O)CC(NC(=O)Oc1ccc(CCCON(O)O)cc1)C(=O)O. The minimum Gasteiger partial charge on any atom is -0.481 e. The van der Waals surface area contributed by atoms with E-state index in [2.05, 4.69) is 4.84 Å². The number of aryl methyl sites for hydroxylation is 1. The number of nitrogens with one attached hydrogen (secondary N) is 1. The number of aliphatic carboxylic acids is 2. The Morgan fingerprint density at radius 2 is 1.76 bits per heavy atom. The van der Waals surface area contributed by atoms with Gasteiger partial charge in [0.2, 0.25) is 0 Å². The second kappa shape index (κ2) is 10.2. The van der Waals surface area contributed by atoms with E-state index in [1.54, 1.807) is 12.1 Å². The van der Waals surface area contributed by atoms with Crippen molar-refractivity contribution in [1.82, 2.24) is 10.7 Å². The lowest BCUT2D eigenvalue weighted by Gasteiger charge is -2.12. The Morgan fingerprint density at radius 1 is 1.12 bits per heavy atom. The van der Waals surface area contributed by atoms with Crippen LogP contribution in [0.1, 0.15) is 18.4 Å². The zero-order chi connectivity index (χ0) is 18.8. The van der Waals surface area contributed by atoms with E-state index >= 15 is 0 Å². The van der Waals surface area contributed by atoms with Crippen LogP contribution in [0.3, 0.4) is 0 Å². The van der Waals surface area contributed by atoms with Crippen LogP contribution in [-0.2, 0) is 20.8 Å². The van der Waals surface area contributed by atoms with Gasteiger partial charge in [0.25, 0.3) is 0 Å². The summed E-state index contributed by atoms with van der Waals surface area (Å²) in [5, 5.41) is 35.7. The molecule has 0 fully saturated rings. The van der Waals surface area contributed by atoms with Crippen LogP contribution in [0.15, 0.2) is 24.3 Å². The molecule has 1 unspecified atom stereocenters. The molecule has 0 saturated carbocycles. The van der Waals surface area contributed by atoms with Crippen molar-refractivity contribution in [3.05, 3.63) is 29.8 Å². The molecule has 0 aliphatic rings. The minimum absolute atomic E-state index is 0.0911. The molecule has 0 aromatic heterocycles. The van der Waals surface area contributed by atoms with Crippen LogP contribution in [0.4, 0.5) is 4.79 Å². The third kappa shape index (κ3) is 8.62. The summed E-state index contributed by atoms with van der Waals surface area (Å²) in [5.74, 6) is -2.71. The summed E-state index contributed by atoms with van der Waals surface area (Å²) in [7, 11) is 0. The van der Waals surface area contributed by atoms with Gasteiger partial charge in [-0.2, -0.15) is 0 Å². The molecule has 0 aliphatic heterocycles. The van der Waals surface area contributed by atoms with Crippen LogP contribution in [-0.4, -0.2) is 56.7 Å². The van der Waals surface area contributed by atoms with E-state index < -0.39 is 30.5 Å². The third-order valence-electron chi connectivity index (χ3n) is 2.92. The molecule has 1 amide bonds. The number of ether oxygens (including phenoxy) is 1. The lowest BCUT2D eigenvalue weighted by molar-refractivity contribution is -0.492. The van der Waals surface area contributed by atoms with Gasteiger partial charge in [0, 0.05) is 0 Å². The molecule has 11 nitrogen and oxygen atoms in total. The molecular formula is C14H18N2O9. The molecule has 0 saturated heterocycles. The van der Waals surface area contributed by atoms with E-state index in [9.17, 15) is 14.4 Å². The van der Waals surface area contributed by atoms with Gasteiger partial charge in [-0.1, -0.05) is 12.1 Å². The Balaban J connectivity index is 2.46. The molecule has 1 atom stereocenters. The maximum absolute atomic E-state index is 11.6. The monoisotopic (exact) mass is 358 g/mol. The normalized spacial score (nSPS) is 11.8. The quantitative estimate of drug-likeness (QED) is 0.296. The van der Waals surface area contributed by atoms with E-state index in [-0.39, 0.29) is 17.7 Å². The van der Waals surface area contributed by atoms with Crippen molar-refractivity contribution in [2.45, 2.75) is 25.3 Å². The molecule has 138 valence electrons. The zero-order valence-corrected chi connectivity index (χ0v) is 13.0. The highest BCUT2D eigenvalue weighted by Gasteiger charge is 2.23. The lowest BCUT2D eigenvalue weighted by Crippen LogP contribution is -2.43. The van der Waals surface area contributed by atoms with Crippen molar-refractivity contribution in [1.29, 1.82) is 0 Å². The Morgan fingerprint density at radius 3 is 2.28 bits per heavy atom.